The third-order valence-electron chi connectivity index (χ3n) is 10.8. The summed E-state index contributed by atoms with van der Waals surface area (Å²) in [5, 5.41) is 7.42. The molecule has 10 aromatic rings. The first-order valence-electron chi connectivity index (χ1n) is 18.1. The lowest BCUT2D eigenvalue weighted by Gasteiger charge is -2.26. The van der Waals surface area contributed by atoms with E-state index in [1.807, 2.05) is 12.1 Å². The molecule has 0 spiro atoms. The van der Waals surface area contributed by atoms with E-state index in [0.717, 1.165) is 39.8 Å². The zero-order valence-corrected chi connectivity index (χ0v) is 28.8. The molecule has 0 aliphatic carbocycles. The van der Waals surface area contributed by atoms with Crippen molar-refractivity contribution in [1.29, 1.82) is 0 Å². The lowest BCUT2D eigenvalue weighted by molar-refractivity contribution is 0.476. The predicted molar refractivity (Wildman–Crippen MR) is 221 cm³/mol. The summed E-state index contributed by atoms with van der Waals surface area (Å²) in [4.78, 5) is 2.36. The van der Waals surface area contributed by atoms with Crippen LogP contribution in [0.25, 0.3) is 71.3 Å². The third-order valence-corrected chi connectivity index (χ3v) is 10.8. The Morgan fingerprint density at radius 2 is 0.962 bits per heavy atom. The minimum Gasteiger partial charge on any atom is -0.453 e. The number of para-hydroxylation sites is 3. The minimum atomic E-state index is 0.878. The molecule has 1 aliphatic heterocycles. The van der Waals surface area contributed by atoms with Crippen molar-refractivity contribution in [1.82, 2.24) is 4.57 Å². The second-order valence-corrected chi connectivity index (χ2v) is 13.8. The number of anilines is 3. The van der Waals surface area contributed by atoms with Crippen molar-refractivity contribution >= 4 is 60.4 Å². The van der Waals surface area contributed by atoms with Gasteiger partial charge in [0.1, 0.15) is 0 Å². The van der Waals surface area contributed by atoms with Crippen molar-refractivity contribution in [2.45, 2.75) is 0 Å². The number of aromatic nitrogens is 1. The van der Waals surface area contributed by atoms with Crippen LogP contribution in [0.3, 0.4) is 0 Å². The molecule has 9 aromatic carbocycles. The molecule has 0 radical (unpaired) electrons. The Labute approximate surface area is 307 Å². The molecule has 3 nitrogen and oxygen atoms in total. The summed E-state index contributed by atoms with van der Waals surface area (Å²) in [5.41, 5.74) is 11.4. The molecule has 248 valence electrons. The van der Waals surface area contributed by atoms with Gasteiger partial charge in [-0.05, 0) is 111 Å². The number of fused-ring (bicyclic) bond motifs is 8. The van der Waals surface area contributed by atoms with Crippen molar-refractivity contribution in [3.63, 3.8) is 0 Å². The van der Waals surface area contributed by atoms with Gasteiger partial charge in [0.15, 0.2) is 11.5 Å². The summed E-state index contributed by atoms with van der Waals surface area (Å²) in [7, 11) is 0. The number of hydrogen-bond acceptors (Lipinski definition) is 2. The van der Waals surface area contributed by atoms with Gasteiger partial charge >= 0.3 is 0 Å². The smallest absolute Gasteiger partial charge is 0.152 e. The van der Waals surface area contributed by atoms with E-state index in [9.17, 15) is 0 Å². The van der Waals surface area contributed by atoms with E-state index < -0.39 is 0 Å². The summed E-state index contributed by atoms with van der Waals surface area (Å²) in [6.45, 7) is 0. The molecule has 1 aromatic heterocycles. The van der Waals surface area contributed by atoms with Gasteiger partial charge in [0.25, 0.3) is 0 Å². The molecule has 1 aliphatic rings. The largest absolute Gasteiger partial charge is 0.453 e. The first-order chi connectivity index (χ1) is 26.3. The molecule has 2 heterocycles. The molecule has 0 saturated heterocycles. The van der Waals surface area contributed by atoms with Crippen molar-refractivity contribution in [3.05, 3.63) is 194 Å². The highest BCUT2D eigenvalue weighted by atomic mass is 16.5. The Kier molecular flexibility index (Phi) is 6.55. The molecule has 0 amide bonds. The SMILES string of the molecule is c1ccc(-c2ccc(N(c3ccc(-c4ccc5c(c4)c4cccc6c4n5-c4ccccc4O6)cc3)c3ccc4c(ccc5ccccc54)c3)cc2)cc1. The summed E-state index contributed by atoms with van der Waals surface area (Å²) >= 11 is 0. The molecule has 0 bridgehead atoms. The van der Waals surface area contributed by atoms with Crippen LogP contribution >= 0.6 is 0 Å². The monoisotopic (exact) mass is 676 g/mol. The number of benzene rings is 9. The zero-order valence-electron chi connectivity index (χ0n) is 28.8. The fraction of sp³-hybridized carbons (Fsp3) is 0. The van der Waals surface area contributed by atoms with Crippen molar-refractivity contribution < 1.29 is 4.74 Å². The van der Waals surface area contributed by atoms with Crippen LogP contribution in [0, 0.1) is 0 Å². The summed E-state index contributed by atoms with van der Waals surface area (Å²) in [5.74, 6) is 1.77. The molecule has 53 heavy (non-hydrogen) atoms. The highest BCUT2D eigenvalue weighted by Gasteiger charge is 2.23. The maximum absolute atomic E-state index is 6.35. The standard InChI is InChI=1S/C50H32N2O/c1-2-9-33(10-3-1)34-19-24-39(25-20-34)51(41-28-29-43-38(31-41)18-17-36-11-4-5-12-42(36)43)40-26-21-35(22-27-40)37-23-30-46-45(32-37)44-13-8-16-49-50(44)52(46)47-14-6-7-15-48(47)53-49/h1-32H. The molecule has 3 heteroatoms. The quantitative estimate of drug-likeness (QED) is 0.169. The van der Waals surface area contributed by atoms with Crippen molar-refractivity contribution in [2.24, 2.45) is 0 Å². The van der Waals surface area contributed by atoms with Crippen molar-refractivity contribution in [2.75, 3.05) is 4.90 Å². The number of rotatable bonds is 5. The van der Waals surface area contributed by atoms with E-state index >= 15 is 0 Å². The highest BCUT2D eigenvalue weighted by molar-refractivity contribution is 6.13. The van der Waals surface area contributed by atoms with E-state index in [2.05, 4.69) is 191 Å². The van der Waals surface area contributed by atoms with Gasteiger partial charge in [-0.2, -0.15) is 0 Å². The molecule has 0 saturated carbocycles. The summed E-state index contributed by atoms with van der Waals surface area (Å²) in [6.07, 6.45) is 0. The van der Waals surface area contributed by atoms with E-state index in [1.54, 1.807) is 0 Å². The zero-order chi connectivity index (χ0) is 34.9. The van der Waals surface area contributed by atoms with Crippen LogP contribution in [0.2, 0.25) is 0 Å². The molecule has 0 unspecified atom stereocenters. The first-order valence-corrected chi connectivity index (χ1v) is 18.1. The first kappa shape index (κ1) is 29.6. The Hall–Kier alpha value is -7.10. The van der Waals surface area contributed by atoms with Gasteiger partial charge in [-0.1, -0.05) is 127 Å². The average molecular weight is 677 g/mol. The van der Waals surface area contributed by atoms with Gasteiger partial charge in [0.05, 0.1) is 16.7 Å². The molecular weight excluding hydrogens is 645 g/mol. The fourth-order valence-electron chi connectivity index (χ4n) is 8.22. The van der Waals surface area contributed by atoms with Crippen LogP contribution in [0.1, 0.15) is 0 Å². The predicted octanol–water partition coefficient (Wildman–Crippen LogP) is 14.0. The molecule has 0 fully saturated rings. The Balaban J connectivity index is 1.02. The van der Waals surface area contributed by atoms with Gasteiger partial charge in [0.2, 0.25) is 0 Å². The summed E-state index contributed by atoms with van der Waals surface area (Å²) < 4.78 is 8.69. The van der Waals surface area contributed by atoms with Crippen LogP contribution in [0.4, 0.5) is 17.1 Å². The molecule has 11 rings (SSSR count). The summed E-state index contributed by atoms with van der Waals surface area (Å²) in [6, 6.07) is 69.8. The minimum absolute atomic E-state index is 0.878. The van der Waals surface area contributed by atoms with Crippen LogP contribution in [0.5, 0.6) is 11.5 Å². The maximum Gasteiger partial charge on any atom is 0.152 e. The van der Waals surface area contributed by atoms with E-state index in [0.29, 0.717) is 0 Å². The molecule has 0 N–H and O–H groups in total. The van der Waals surface area contributed by atoms with Gasteiger partial charge in [-0.25, -0.2) is 0 Å². The normalized spacial score (nSPS) is 11.9. The number of ether oxygens (including phenoxy) is 1. The van der Waals surface area contributed by atoms with Crippen molar-refractivity contribution in [3.8, 4) is 39.4 Å². The van der Waals surface area contributed by atoms with Crippen LogP contribution < -0.4 is 9.64 Å². The van der Waals surface area contributed by atoms with Gasteiger partial charge in [-0.15, -0.1) is 0 Å². The molecule has 0 atom stereocenters. The van der Waals surface area contributed by atoms with E-state index in [1.165, 1.54) is 60.1 Å². The van der Waals surface area contributed by atoms with Gasteiger partial charge in [-0.3, -0.25) is 0 Å². The molecular formula is C50H32N2O. The van der Waals surface area contributed by atoms with Crippen LogP contribution in [-0.4, -0.2) is 4.57 Å². The Bertz CT molecular complexity index is 3010. The third kappa shape index (κ3) is 4.75. The number of hydrogen-bond donors (Lipinski definition) is 0. The van der Waals surface area contributed by atoms with Gasteiger partial charge < -0.3 is 14.2 Å². The second kappa shape index (κ2) is 11.7. The average Bonchev–Trinajstić information content (AvgIpc) is 3.57. The highest BCUT2D eigenvalue weighted by Crippen LogP contribution is 2.46. The van der Waals surface area contributed by atoms with Crippen LogP contribution in [-0.2, 0) is 0 Å². The van der Waals surface area contributed by atoms with E-state index in [4.69, 9.17) is 4.74 Å². The Morgan fingerprint density at radius 3 is 1.79 bits per heavy atom. The lowest BCUT2D eigenvalue weighted by atomic mass is 10.00. The second-order valence-electron chi connectivity index (χ2n) is 13.8. The van der Waals surface area contributed by atoms with Crippen LogP contribution in [0.15, 0.2) is 194 Å². The van der Waals surface area contributed by atoms with Gasteiger partial charge in [0, 0.05) is 27.8 Å². The maximum atomic E-state index is 6.35. The van der Waals surface area contributed by atoms with E-state index in [-0.39, 0.29) is 0 Å². The fourth-order valence-corrected chi connectivity index (χ4v) is 8.22. The lowest BCUT2D eigenvalue weighted by Crippen LogP contribution is -2.09. The topological polar surface area (TPSA) is 17.4 Å². The number of nitrogens with zero attached hydrogens (tertiary/aromatic N) is 2. The Morgan fingerprint density at radius 1 is 0.358 bits per heavy atom.